The van der Waals surface area contributed by atoms with Crippen LogP contribution < -0.4 is 14.2 Å². The summed E-state index contributed by atoms with van der Waals surface area (Å²) in [6.07, 6.45) is 0. The number of nitrogens with zero attached hydrogens (tertiary/aromatic N) is 1. The van der Waals surface area contributed by atoms with Gasteiger partial charge >= 0.3 is 0 Å². The van der Waals surface area contributed by atoms with Gasteiger partial charge in [0.25, 0.3) is 5.91 Å². The number of amides is 1. The van der Waals surface area contributed by atoms with Crippen molar-refractivity contribution in [1.29, 1.82) is 0 Å². The Balaban J connectivity index is 2.00. The van der Waals surface area contributed by atoms with Crippen LogP contribution in [0.3, 0.4) is 0 Å². The molecule has 0 atom stereocenters. The Morgan fingerprint density at radius 2 is 1.84 bits per heavy atom. The van der Waals surface area contributed by atoms with Crippen molar-refractivity contribution in [3.8, 4) is 17.2 Å². The predicted molar refractivity (Wildman–Crippen MR) is 97.6 cm³/mol. The van der Waals surface area contributed by atoms with Crippen LogP contribution in [0.2, 0.25) is 5.02 Å². The van der Waals surface area contributed by atoms with E-state index in [1.807, 2.05) is 25.1 Å². The van der Waals surface area contributed by atoms with E-state index in [0.29, 0.717) is 35.4 Å². The molecule has 0 saturated carbocycles. The van der Waals surface area contributed by atoms with Crippen molar-refractivity contribution >= 4 is 17.5 Å². The molecule has 2 aromatic carbocycles. The maximum absolute atomic E-state index is 12.4. The third kappa shape index (κ3) is 5.29. The first kappa shape index (κ1) is 18.9. The fourth-order valence-corrected chi connectivity index (χ4v) is 2.55. The van der Waals surface area contributed by atoms with Gasteiger partial charge in [-0.15, -0.1) is 0 Å². The molecule has 2 rings (SSSR count). The van der Waals surface area contributed by atoms with Crippen LogP contribution in [0, 0.1) is 0 Å². The zero-order chi connectivity index (χ0) is 18.2. The van der Waals surface area contributed by atoms with Gasteiger partial charge in [0.2, 0.25) is 0 Å². The van der Waals surface area contributed by atoms with E-state index in [4.69, 9.17) is 25.8 Å². The van der Waals surface area contributed by atoms with E-state index in [0.717, 1.165) is 5.56 Å². The smallest absolute Gasteiger partial charge is 0.260 e. The quantitative estimate of drug-likeness (QED) is 0.716. The van der Waals surface area contributed by atoms with Gasteiger partial charge in [0.05, 0.1) is 14.2 Å². The van der Waals surface area contributed by atoms with Crippen LogP contribution in [0.25, 0.3) is 0 Å². The van der Waals surface area contributed by atoms with Crippen LogP contribution in [-0.2, 0) is 11.3 Å². The number of carbonyl (C=O) groups excluding carboxylic acids is 1. The van der Waals surface area contributed by atoms with Gasteiger partial charge in [-0.25, -0.2) is 0 Å². The highest BCUT2D eigenvalue weighted by Gasteiger charge is 2.14. The average molecular weight is 364 g/mol. The highest BCUT2D eigenvalue weighted by molar-refractivity contribution is 6.30. The van der Waals surface area contributed by atoms with E-state index in [2.05, 4.69) is 0 Å². The van der Waals surface area contributed by atoms with E-state index >= 15 is 0 Å². The Bertz CT molecular complexity index is 720. The molecule has 0 N–H and O–H groups in total. The molecule has 2 aromatic rings. The van der Waals surface area contributed by atoms with Crippen molar-refractivity contribution in [2.75, 3.05) is 27.4 Å². The predicted octanol–water partition coefficient (Wildman–Crippen LogP) is 3.78. The molecule has 25 heavy (non-hydrogen) atoms. The second kappa shape index (κ2) is 9.18. The van der Waals surface area contributed by atoms with Crippen LogP contribution in [0.15, 0.2) is 42.5 Å². The second-order valence-electron chi connectivity index (χ2n) is 5.34. The molecule has 134 valence electrons. The third-order valence-corrected chi connectivity index (χ3v) is 3.95. The summed E-state index contributed by atoms with van der Waals surface area (Å²) in [6, 6.07) is 12.6. The summed E-state index contributed by atoms with van der Waals surface area (Å²) < 4.78 is 16.1. The van der Waals surface area contributed by atoms with Gasteiger partial charge in [0.1, 0.15) is 5.75 Å². The molecule has 0 spiro atoms. The van der Waals surface area contributed by atoms with Crippen LogP contribution in [0.5, 0.6) is 17.2 Å². The Kier molecular flexibility index (Phi) is 6.95. The standard InChI is InChI=1S/C19H22ClNO4/c1-4-21(12-14-8-9-17(23-2)18(10-14)24-3)19(22)13-25-16-7-5-6-15(20)11-16/h5-11H,4,12-13H2,1-3H3. The zero-order valence-corrected chi connectivity index (χ0v) is 15.4. The molecular weight excluding hydrogens is 342 g/mol. The first-order chi connectivity index (χ1) is 12.1. The minimum Gasteiger partial charge on any atom is -0.493 e. The molecule has 0 aromatic heterocycles. The Hall–Kier alpha value is -2.40. The summed E-state index contributed by atoms with van der Waals surface area (Å²) in [4.78, 5) is 14.1. The molecule has 0 fully saturated rings. The molecule has 0 radical (unpaired) electrons. The number of benzene rings is 2. The SMILES string of the molecule is CCN(Cc1ccc(OC)c(OC)c1)C(=O)COc1cccc(Cl)c1. The number of likely N-dealkylation sites (N-methyl/N-ethyl adjacent to an activating group) is 1. The van der Waals surface area contributed by atoms with E-state index in [1.54, 1.807) is 43.4 Å². The number of rotatable bonds is 8. The van der Waals surface area contributed by atoms with Gasteiger partial charge in [-0.3, -0.25) is 4.79 Å². The summed E-state index contributed by atoms with van der Waals surface area (Å²) >= 11 is 5.91. The van der Waals surface area contributed by atoms with Crippen molar-refractivity contribution in [3.05, 3.63) is 53.1 Å². The van der Waals surface area contributed by atoms with Gasteiger partial charge in [-0.05, 0) is 42.8 Å². The topological polar surface area (TPSA) is 48.0 Å². The van der Waals surface area contributed by atoms with Crippen LogP contribution in [0.1, 0.15) is 12.5 Å². The van der Waals surface area contributed by atoms with Crippen LogP contribution in [0.4, 0.5) is 0 Å². The van der Waals surface area contributed by atoms with Crippen molar-refractivity contribution in [1.82, 2.24) is 4.90 Å². The Morgan fingerprint density at radius 1 is 1.08 bits per heavy atom. The highest BCUT2D eigenvalue weighted by Crippen LogP contribution is 2.28. The van der Waals surface area contributed by atoms with E-state index in [9.17, 15) is 4.79 Å². The molecule has 0 aliphatic rings. The number of carbonyl (C=O) groups is 1. The molecule has 0 aliphatic heterocycles. The molecule has 5 nitrogen and oxygen atoms in total. The van der Waals surface area contributed by atoms with Crippen molar-refractivity contribution < 1.29 is 19.0 Å². The van der Waals surface area contributed by atoms with E-state index < -0.39 is 0 Å². The van der Waals surface area contributed by atoms with Crippen molar-refractivity contribution in [3.63, 3.8) is 0 Å². The van der Waals surface area contributed by atoms with Gasteiger partial charge in [-0.1, -0.05) is 23.7 Å². The fraction of sp³-hybridized carbons (Fsp3) is 0.316. The maximum atomic E-state index is 12.4. The average Bonchev–Trinajstić information content (AvgIpc) is 2.64. The number of ether oxygens (including phenoxy) is 3. The zero-order valence-electron chi connectivity index (χ0n) is 14.6. The first-order valence-corrected chi connectivity index (χ1v) is 8.32. The fourth-order valence-electron chi connectivity index (χ4n) is 2.37. The summed E-state index contributed by atoms with van der Waals surface area (Å²) in [5.41, 5.74) is 0.954. The van der Waals surface area contributed by atoms with E-state index in [1.165, 1.54) is 0 Å². The Morgan fingerprint density at radius 3 is 2.48 bits per heavy atom. The van der Waals surface area contributed by atoms with Gasteiger partial charge in [-0.2, -0.15) is 0 Å². The number of hydrogen-bond donors (Lipinski definition) is 0. The summed E-state index contributed by atoms with van der Waals surface area (Å²) in [7, 11) is 3.18. The lowest BCUT2D eigenvalue weighted by Gasteiger charge is -2.21. The minimum atomic E-state index is -0.0998. The van der Waals surface area contributed by atoms with Crippen LogP contribution >= 0.6 is 11.6 Å². The molecule has 1 amide bonds. The maximum Gasteiger partial charge on any atom is 0.260 e. The van der Waals surface area contributed by atoms with Gasteiger partial charge in [0.15, 0.2) is 18.1 Å². The number of hydrogen-bond acceptors (Lipinski definition) is 4. The molecule has 0 heterocycles. The van der Waals surface area contributed by atoms with Crippen molar-refractivity contribution in [2.45, 2.75) is 13.5 Å². The minimum absolute atomic E-state index is 0.0402. The van der Waals surface area contributed by atoms with Crippen LogP contribution in [-0.4, -0.2) is 38.2 Å². The number of halogens is 1. The van der Waals surface area contributed by atoms with Gasteiger partial charge < -0.3 is 19.1 Å². The van der Waals surface area contributed by atoms with Crippen molar-refractivity contribution in [2.24, 2.45) is 0 Å². The molecular formula is C19H22ClNO4. The summed E-state index contributed by atoms with van der Waals surface area (Å²) in [6.45, 7) is 2.93. The van der Waals surface area contributed by atoms with Gasteiger partial charge in [0, 0.05) is 18.1 Å². The highest BCUT2D eigenvalue weighted by atomic mass is 35.5. The summed E-state index contributed by atoms with van der Waals surface area (Å²) in [5.74, 6) is 1.77. The monoisotopic (exact) mass is 363 g/mol. The third-order valence-electron chi connectivity index (χ3n) is 3.71. The molecule has 0 unspecified atom stereocenters. The lowest BCUT2D eigenvalue weighted by molar-refractivity contribution is -0.133. The Labute approximate surface area is 153 Å². The molecule has 0 saturated heterocycles. The molecule has 0 bridgehead atoms. The molecule has 0 aliphatic carbocycles. The lowest BCUT2D eigenvalue weighted by Crippen LogP contribution is -2.34. The number of methoxy groups -OCH3 is 2. The van der Waals surface area contributed by atoms with E-state index in [-0.39, 0.29) is 12.5 Å². The second-order valence-corrected chi connectivity index (χ2v) is 5.78. The normalized spacial score (nSPS) is 10.2. The first-order valence-electron chi connectivity index (χ1n) is 7.94. The summed E-state index contributed by atoms with van der Waals surface area (Å²) in [5, 5.41) is 0.572. The lowest BCUT2D eigenvalue weighted by atomic mass is 10.2. The largest absolute Gasteiger partial charge is 0.493 e. The molecule has 6 heteroatoms.